The van der Waals surface area contributed by atoms with Crippen LogP contribution in [0.4, 0.5) is 5.82 Å². The van der Waals surface area contributed by atoms with E-state index in [1.54, 1.807) is 21.9 Å². The minimum atomic E-state index is -0.884. The lowest BCUT2D eigenvalue weighted by Gasteiger charge is -2.40. The van der Waals surface area contributed by atoms with Gasteiger partial charge in [0.25, 0.3) is 5.97 Å². The van der Waals surface area contributed by atoms with Crippen LogP contribution in [0.3, 0.4) is 0 Å². The van der Waals surface area contributed by atoms with Crippen molar-refractivity contribution in [3.8, 4) is 0 Å². The molecule has 1 heterocycles. The Kier molecular flexibility index (Phi) is 3.41. The lowest BCUT2D eigenvalue weighted by atomic mass is 9.33. The van der Waals surface area contributed by atoms with E-state index in [0.717, 1.165) is 0 Å². The molecule has 0 unspecified atom stereocenters. The Bertz CT molecular complexity index is 383. The maximum atomic E-state index is 11.2. The third-order valence-corrected chi connectivity index (χ3v) is 3.20. The summed E-state index contributed by atoms with van der Waals surface area (Å²) < 4.78 is 0. The first-order valence-corrected chi connectivity index (χ1v) is 5.20. The summed E-state index contributed by atoms with van der Waals surface area (Å²) in [4.78, 5) is 15.3. The zero-order valence-corrected chi connectivity index (χ0v) is 10.1. The Morgan fingerprint density at radius 3 is 2.38 bits per heavy atom. The highest BCUT2D eigenvalue weighted by Crippen LogP contribution is 2.30. The van der Waals surface area contributed by atoms with Crippen LogP contribution in [0.5, 0.6) is 0 Å². The van der Waals surface area contributed by atoms with Gasteiger partial charge in [-0.25, -0.2) is 4.98 Å². The Hall–Kier alpha value is -1.32. The van der Waals surface area contributed by atoms with Crippen molar-refractivity contribution in [3.63, 3.8) is 0 Å². The fraction of sp³-hybridized carbons (Fsp3) is 0.250. The molecule has 1 aromatic rings. The number of pyridine rings is 1. The van der Waals surface area contributed by atoms with Crippen LogP contribution in [0.1, 0.15) is 0 Å². The van der Waals surface area contributed by atoms with Crippen LogP contribution in [0.2, 0.25) is 5.21 Å². The second-order valence-corrected chi connectivity index (χ2v) is 4.90. The van der Waals surface area contributed by atoms with Gasteiger partial charge in [-0.05, 0) is 17.5 Å². The first kappa shape index (κ1) is 12.7. The van der Waals surface area contributed by atoms with Gasteiger partial charge in [-0.3, -0.25) is 4.79 Å². The van der Waals surface area contributed by atoms with Crippen LogP contribution in [0.15, 0.2) is 24.4 Å². The average Bonchev–Trinajstić information content (AvgIpc) is 2.18. The summed E-state index contributed by atoms with van der Waals surface area (Å²) in [7, 11) is 7.11. The van der Waals surface area contributed by atoms with Gasteiger partial charge in [0.15, 0.2) is 0 Å². The molecule has 0 radical (unpaired) electrons. The van der Waals surface area contributed by atoms with Crippen molar-refractivity contribution in [2.24, 2.45) is 0 Å². The minimum absolute atomic E-state index is 0.590. The molecule has 0 atom stereocenters. The molecule has 0 fully saturated rings. The van der Waals surface area contributed by atoms with E-state index in [1.807, 2.05) is 33.9 Å². The molecule has 80 valence electrons. The van der Waals surface area contributed by atoms with Gasteiger partial charge in [0.2, 0.25) is 0 Å². The van der Waals surface area contributed by atoms with E-state index in [0.29, 0.717) is 5.82 Å². The largest absolute Gasteiger partial charge is 0.482 e. The summed E-state index contributed by atoms with van der Waals surface area (Å²) in [5.41, 5.74) is 0. The topological polar surface area (TPSA) is 62.2 Å². The van der Waals surface area contributed by atoms with Crippen LogP contribution < -0.4 is 5.32 Å². The maximum absolute atomic E-state index is 11.2. The molecule has 4 nitrogen and oxygen atoms in total. The first-order chi connectivity index (χ1) is 7.27. The monoisotopic (exact) mass is 214 g/mol. The smallest absolute Gasteiger partial charge is 0.294 e. The summed E-state index contributed by atoms with van der Waals surface area (Å²) in [6.07, 6.45) is 1.67. The van der Waals surface area contributed by atoms with Crippen LogP contribution in [0, 0.1) is 0 Å². The normalized spacial score (nSPS) is 12.0. The van der Waals surface area contributed by atoms with E-state index in [-0.39, 0.29) is 0 Å². The van der Waals surface area contributed by atoms with E-state index in [9.17, 15) is 9.90 Å². The fourth-order valence-electron chi connectivity index (χ4n) is 1.18. The van der Waals surface area contributed by atoms with Crippen molar-refractivity contribution in [2.75, 3.05) is 5.32 Å². The van der Waals surface area contributed by atoms with Crippen molar-refractivity contribution in [1.29, 1.82) is 0 Å². The number of carboxylic acids is 1. The van der Waals surface area contributed by atoms with Crippen molar-refractivity contribution in [2.45, 2.75) is 10.6 Å². The zero-order chi connectivity index (χ0) is 12.4. The van der Waals surface area contributed by atoms with Gasteiger partial charge in [-0.1, -0.05) is 6.07 Å². The summed E-state index contributed by atoms with van der Waals surface area (Å²) >= 11 is 0. The highest BCUT2D eigenvalue weighted by molar-refractivity contribution is 6.61. The number of carbonyl (C=O) groups is 1. The summed E-state index contributed by atoms with van der Waals surface area (Å²) in [5.74, 6) is -0.150. The molecular weight excluding hydrogens is 199 g/mol. The minimum Gasteiger partial charge on any atom is -0.482 e. The van der Waals surface area contributed by atoms with Crippen LogP contribution >= 0.6 is 0 Å². The SMILES string of the molecule is BC(B)(Nc1ccccn1)C(B)(B)C(=O)O. The lowest BCUT2D eigenvalue weighted by Crippen LogP contribution is -2.55. The molecule has 0 aliphatic rings. The Morgan fingerprint density at radius 2 is 1.94 bits per heavy atom. The maximum Gasteiger partial charge on any atom is 0.294 e. The molecule has 0 saturated heterocycles. The lowest BCUT2D eigenvalue weighted by molar-refractivity contribution is -0.138. The Balaban J connectivity index is 2.92. The standard InChI is InChI=1S/C8H14B4N2O2/c9-7(10,6(15)16)8(11,12)14-5-3-1-2-4-13-5/h1-4H,9-12H2,(H,13,14)(H,15,16). The van der Waals surface area contributed by atoms with Crippen molar-refractivity contribution < 1.29 is 9.90 Å². The number of aliphatic carboxylic acids is 1. The zero-order valence-electron chi connectivity index (χ0n) is 10.1. The fourth-order valence-corrected chi connectivity index (χ4v) is 1.18. The number of nitrogens with one attached hydrogen (secondary N) is 1. The van der Waals surface area contributed by atoms with Crippen molar-refractivity contribution in [1.82, 2.24) is 4.98 Å². The Morgan fingerprint density at radius 1 is 1.31 bits per heavy atom. The van der Waals surface area contributed by atoms with Crippen molar-refractivity contribution >= 4 is 43.2 Å². The van der Waals surface area contributed by atoms with E-state index in [1.165, 1.54) is 0 Å². The highest BCUT2D eigenvalue weighted by Gasteiger charge is 2.42. The number of nitrogens with zero attached hydrogens (tertiary/aromatic N) is 1. The average molecular weight is 213 g/mol. The highest BCUT2D eigenvalue weighted by atomic mass is 16.4. The van der Waals surface area contributed by atoms with E-state index in [4.69, 9.17) is 0 Å². The number of rotatable bonds is 4. The molecule has 0 amide bonds. The third-order valence-electron chi connectivity index (χ3n) is 3.20. The summed E-state index contributed by atoms with van der Waals surface area (Å²) in [6.45, 7) is 0. The van der Waals surface area contributed by atoms with Crippen LogP contribution in [-0.4, -0.2) is 52.8 Å². The quantitative estimate of drug-likeness (QED) is 0.520. The van der Waals surface area contributed by atoms with Gasteiger partial charge in [-0.15, -0.1) is 0 Å². The molecule has 8 heteroatoms. The van der Waals surface area contributed by atoms with E-state index >= 15 is 0 Å². The number of hydrogen-bond donors (Lipinski definition) is 2. The molecule has 0 aliphatic carbocycles. The molecule has 0 aliphatic heterocycles. The van der Waals surface area contributed by atoms with Gasteiger partial charge in [0, 0.05) is 11.4 Å². The van der Waals surface area contributed by atoms with Gasteiger partial charge >= 0.3 is 0 Å². The van der Waals surface area contributed by atoms with Gasteiger partial charge < -0.3 is 10.4 Å². The van der Waals surface area contributed by atoms with Crippen molar-refractivity contribution in [3.05, 3.63) is 24.4 Å². The number of aromatic nitrogens is 1. The molecule has 1 aromatic heterocycles. The summed E-state index contributed by atoms with van der Waals surface area (Å²) in [6, 6.07) is 5.50. The van der Waals surface area contributed by atoms with Gasteiger partial charge in [0.1, 0.15) is 37.2 Å². The van der Waals surface area contributed by atoms with Crippen LogP contribution in [0.25, 0.3) is 0 Å². The molecule has 0 spiro atoms. The van der Waals surface area contributed by atoms with E-state index < -0.39 is 16.5 Å². The Labute approximate surface area is 98.9 Å². The summed E-state index contributed by atoms with van der Waals surface area (Å²) in [5, 5.41) is 10.9. The number of carboxylic acid groups (broad SMARTS) is 1. The third kappa shape index (κ3) is 2.43. The van der Waals surface area contributed by atoms with Gasteiger partial charge in [0.05, 0.1) is 0 Å². The van der Waals surface area contributed by atoms with Crippen LogP contribution in [-0.2, 0) is 4.79 Å². The molecule has 2 N–H and O–H groups in total. The molecule has 0 bridgehead atoms. The number of anilines is 1. The number of hydrogen-bond acceptors (Lipinski definition) is 3. The predicted molar refractivity (Wildman–Crippen MR) is 75.1 cm³/mol. The first-order valence-electron chi connectivity index (χ1n) is 5.20. The van der Waals surface area contributed by atoms with E-state index in [2.05, 4.69) is 10.3 Å². The second kappa shape index (κ2) is 4.28. The molecule has 16 heavy (non-hydrogen) atoms. The molecular formula is C8H14B4N2O2. The second-order valence-electron chi connectivity index (χ2n) is 4.90. The van der Waals surface area contributed by atoms with Gasteiger partial charge in [-0.2, -0.15) is 0 Å². The molecule has 1 rings (SSSR count). The predicted octanol–water partition coefficient (Wildman–Crippen LogP) is -3.12. The molecule has 0 saturated carbocycles. The molecule has 0 aromatic carbocycles.